The second kappa shape index (κ2) is 8.03. The zero-order valence-corrected chi connectivity index (χ0v) is 15.1. The Labute approximate surface area is 158 Å². The summed E-state index contributed by atoms with van der Waals surface area (Å²) in [5, 5.41) is 5.26. The standard InChI is InChI=1S/C19H15NO.C5H6O/c21-12-20-15-7-10-17-14(11-15)6-9-18-16-4-2-1-3-13(16)5-8-19(17)18;1-2-4-6-5-3-1/h1-6,8-9,15H,7,10-11H2;1-4H,5H2. The Kier molecular flexibility index (Phi) is 5.13. The Bertz CT molecular complexity index is 1060. The van der Waals surface area contributed by atoms with Crippen molar-refractivity contribution in [1.82, 2.24) is 0 Å². The van der Waals surface area contributed by atoms with Gasteiger partial charge in [0.2, 0.25) is 6.08 Å². The Morgan fingerprint density at radius 2 is 1.85 bits per heavy atom. The lowest BCUT2D eigenvalue weighted by atomic mass is 9.84. The molecular weight excluding hydrogens is 334 g/mol. The highest BCUT2D eigenvalue weighted by Crippen LogP contribution is 2.33. The Hall–Kier alpha value is -3.16. The number of aliphatic imine (C=N–C) groups is 1. The van der Waals surface area contributed by atoms with E-state index in [9.17, 15) is 4.79 Å². The van der Waals surface area contributed by atoms with Gasteiger partial charge in [-0.2, -0.15) is 0 Å². The topological polar surface area (TPSA) is 38.7 Å². The molecule has 0 fully saturated rings. The Balaban J connectivity index is 0.000000257. The van der Waals surface area contributed by atoms with Crippen LogP contribution in [0.2, 0.25) is 0 Å². The van der Waals surface area contributed by atoms with E-state index in [4.69, 9.17) is 4.74 Å². The van der Waals surface area contributed by atoms with Gasteiger partial charge >= 0.3 is 0 Å². The summed E-state index contributed by atoms with van der Waals surface area (Å²) in [6.07, 6.45) is 11.9. The molecule has 0 N–H and O–H groups in total. The largest absolute Gasteiger partial charge is 0.497 e. The lowest BCUT2D eigenvalue weighted by Gasteiger charge is -2.22. The summed E-state index contributed by atoms with van der Waals surface area (Å²) in [5.41, 5.74) is 2.75. The van der Waals surface area contributed by atoms with Gasteiger partial charge in [-0.3, -0.25) is 0 Å². The zero-order chi connectivity index (χ0) is 18.5. The molecule has 3 heteroatoms. The third-order valence-corrected chi connectivity index (χ3v) is 5.17. The van der Waals surface area contributed by atoms with Crippen LogP contribution in [0.4, 0.5) is 0 Å². The molecule has 2 aliphatic rings. The predicted octanol–water partition coefficient (Wildman–Crippen LogP) is 5.27. The van der Waals surface area contributed by atoms with E-state index in [1.807, 2.05) is 18.2 Å². The van der Waals surface area contributed by atoms with Gasteiger partial charge in [-0.05, 0) is 64.1 Å². The number of ether oxygens (including phenoxy) is 1. The number of carbonyl (C=O) groups excluding carboxylic acids is 1. The van der Waals surface area contributed by atoms with Gasteiger partial charge in [0.25, 0.3) is 0 Å². The minimum absolute atomic E-state index is 0.105. The van der Waals surface area contributed by atoms with Crippen molar-refractivity contribution < 1.29 is 9.53 Å². The van der Waals surface area contributed by atoms with Gasteiger partial charge in [-0.1, -0.05) is 54.6 Å². The maximum absolute atomic E-state index is 10.5. The van der Waals surface area contributed by atoms with Gasteiger partial charge < -0.3 is 4.74 Å². The first-order chi connectivity index (χ1) is 13.4. The fraction of sp³-hybridized carbons (Fsp3) is 0.208. The maximum Gasteiger partial charge on any atom is 0.235 e. The zero-order valence-electron chi connectivity index (χ0n) is 15.1. The summed E-state index contributed by atoms with van der Waals surface area (Å²) >= 11 is 0. The first-order valence-electron chi connectivity index (χ1n) is 9.29. The quantitative estimate of drug-likeness (QED) is 0.339. The monoisotopic (exact) mass is 355 g/mol. The van der Waals surface area contributed by atoms with E-state index in [1.54, 1.807) is 12.3 Å². The van der Waals surface area contributed by atoms with Crippen LogP contribution in [0.15, 0.2) is 78.0 Å². The average molecular weight is 355 g/mol. The van der Waals surface area contributed by atoms with Gasteiger partial charge in [0.1, 0.15) is 6.61 Å². The molecule has 1 unspecified atom stereocenters. The first kappa shape index (κ1) is 17.3. The molecule has 3 aromatic carbocycles. The van der Waals surface area contributed by atoms with Crippen LogP contribution in [0.5, 0.6) is 0 Å². The van der Waals surface area contributed by atoms with Crippen LogP contribution in [-0.4, -0.2) is 18.7 Å². The Morgan fingerprint density at radius 1 is 0.963 bits per heavy atom. The van der Waals surface area contributed by atoms with Crippen LogP contribution in [0.3, 0.4) is 0 Å². The molecule has 1 aliphatic heterocycles. The van der Waals surface area contributed by atoms with E-state index in [0.717, 1.165) is 25.9 Å². The molecule has 0 saturated carbocycles. The van der Waals surface area contributed by atoms with Gasteiger partial charge in [0.15, 0.2) is 0 Å². The summed E-state index contributed by atoms with van der Waals surface area (Å²) < 4.78 is 4.80. The van der Waals surface area contributed by atoms with Gasteiger partial charge in [0, 0.05) is 0 Å². The Morgan fingerprint density at radius 3 is 2.59 bits per heavy atom. The molecule has 0 amide bonds. The van der Waals surface area contributed by atoms with E-state index >= 15 is 0 Å². The number of isocyanates is 1. The lowest BCUT2D eigenvalue weighted by molar-refractivity contribution is 0.286. The highest BCUT2D eigenvalue weighted by atomic mass is 16.5. The normalized spacial score (nSPS) is 17.4. The molecule has 27 heavy (non-hydrogen) atoms. The first-order valence-corrected chi connectivity index (χ1v) is 9.29. The van der Waals surface area contributed by atoms with E-state index in [0.29, 0.717) is 0 Å². The summed E-state index contributed by atoms with van der Waals surface area (Å²) in [4.78, 5) is 14.4. The van der Waals surface area contributed by atoms with E-state index in [-0.39, 0.29) is 6.04 Å². The molecule has 0 radical (unpaired) electrons. The van der Waals surface area contributed by atoms with Gasteiger partial charge in [-0.15, -0.1) is 0 Å². The predicted molar refractivity (Wildman–Crippen MR) is 110 cm³/mol. The van der Waals surface area contributed by atoms with Crippen LogP contribution in [-0.2, 0) is 22.4 Å². The van der Waals surface area contributed by atoms with E-state index in [2.05, 4.69) is 53.5 Å². The molecule has 0 bridgehead atoms. The fourth-order valence-electron chi connectivity index (χ4n) is 3.88. The van der Waals surface area contributed by atoms with Gasteiger partial charge in [-0.25, -0.2) is 9.79 Å². The molecule has 134 valence electrons. The van der Waals surface area contributed by atoms with Crippen LogP contribution in [0.1, 0.15) is 17.5 Å². The minimum atomic E-state index is 0.105. The van der Waals surface area contributed by atoms with Crippen LogP contribution < -0.4 is 0 Å². The number of benzene rings is 3. The molecular formula is C24H21NO2. The van der Waals surface area contributed by atoms with Crippen molar-refractivity contribution >= 4 is 27.6 Å². The number of aryl methyl sites for hydroxylation is 1. The SMILES string of the molecule is C1=CCOC=C1.O=C=NC1CCc2c(ccc3c2ccc2ccccc23)C1. The van der Waals surface area contributed by atoms with Crippen molar-refractivity contribution in [3.63, 3.8) is 0 Å². The molecule has 1 heterocycles. The highest BCUT2D eigenvalue weighted by Gasteiger charge is 2.20. The fourth-order valence-corrected chi connectivity index (χ4v) is 3.88. The van der Waals surface area contributed by atoms with Crippen molar-refractivity contribution in [2.24, 2.45) is 4.99 Å². The summed E-state index contributed by atoms with van der Waals surface area (Å²) in [6.45, 7) is 0.733. The molecule has 1 atom stereocenters. The number of fused-ring (bicyclic) bond motifs is 5. The van der Waals surface area contributed by atoms with Crippen LogP contribution in [0.25, 0.3) is 21.5 Å². The van der Waals surface area contributed by atoms with Crippen LogP contribution >= 0.6 is 0 Å². The number of nitrogens with zero attached hydrogens (tertiary/aromatic N) is 1. The average Bonchev–Trinajstić information content (AvgIpc) is 2.75. The number of hydrogen-bond acceptors (Lipinski definition) is 3. The number of rotatable bonds is 1. The molecule has 0 saturated heterocycles. The molecule has 0 spiro atoms. The smallest absolute Gasteiger partial charge is 0.235 e. The van der Waals surface area contributed by atoms with Crippen molar-refractivity contribution in [3.8, 4) is 0 Å². The number of hydrogen-bond donors (Lipinski definition) is 0. The highest BCUT2D eigenvalue weighted by molar-refractivity contribution is 6.08. The van der Waals surface area contributed by atoms with E-state index < -0.39 is 0 Å². The van der Waals surface area contributed by atoms with Crippen molar-refractivity contribution in [2.45, 2.75) is 25.3 Å². The van der Waals surface area contributed by atoms with E-state index in [1.165, 1.54) is 32.7 Å². The third kappa shape index (κ3) is 3.69. The summed E-state index contributed by atoms with van der Waals surface area (Å²) in [7, 11) is 0. The lowest BCUT2D eigenvalue weighted by Crippen LogP contribution is -2.17. The van der Waals surface area contributed by atoms with Gasteiger partial charge in [0.05, 0.1) is 12.3 Å². The molecule has 3 nitrogen and oxygen atoms in total. The third-order valence-electron chi connectivity index (χ3n) is 5.17. The molecule has 0 aromatic heterocycles. The summed E-state index contributed by atoms with van der Waals surface area (Å²) in [6, 6.07) is 17.5. The molecule has 3 aromatic rings. The minimum Gasteiger partial charge on any atom is -0.497 e. The number of allylic oxidation sites excluding steroid dienone is 2. The second-order valence-electron chi connectivity index (χ2n) is 6.79. The maximum atomic E-state index is 10.5. The van der Waals surface area contributed by atoms with Crippen LogP contribution in [0, 0.1) is 0 Å². The molecule has 1 aliphatic carbocycles. The van der Waals surface area contributed by atoms with Crippen molar-refractivity contribution in [3.05, 3.63) is 84.1 Å². The second-order valence-corrected chi connectivity index (χ2v) is 6.79. The molecule has 5 rings (SSSR count). The van der Waals surface area contributed by atoms with Crippen molar-refractivity contribution in [2.75, 3.05) is 6.61 Å². The summed E-state index contributed by atoms with van der Waals surface area (Å²) in [5.74, 6) is 0. The van der Waals surface area contributed by atoms with Crippen molar-refractivity contribution in [1.29, 1.82) is 0 Å².